The van der Waals surface area contributed by atoms with Crippen molar-refractivity contribution >= 4 is 16.9 Å². The molecule has 4 nitrogen and oxygen atoms in total. The zero-order valence-corrected chi connectivity index (χ0v) is 13.8. The Kier molecular flexibility index (Phi) is 4.51. The molecule has 4 heteroatoms. The molecule has 122 valence electrons. The molecule has 1 fully saturated rings. The van der Waals surface area contributed by atoms with Gasteiger partial charge in [-0.05, 0) is 43.4 Å². The quantitative estimate of drug-likeness (QED) is 0.881. The van der Waals surface area contributed by atoms with E-state index in [0.29, 0.717) is 12.1 Å². The Morgan fingerprint density at radius 3 is 2.70 bits per heavy atom. The van der Waals surface area contributed by atoms with Crippen LogP contribution in [0.15, 0.2) is 27.4 Å². The highest BCUT2D eigenvalue weighted by molar-refractivity contribution is 5.85. The molecule has 1 saturated carbocycles. The molecule has 3 rings (SSSR count). The molecule has 1 amide bonds. The smallest absolute Gasteiger partial charge is 0.336 e. The van der Waals surface area contributed by atoms with Gasteiger partial charge in [0.1, 0.15) is 5.58 Å². The molecule has 2 aromatic rings. The molecule has 1 N–H and O–H groups in total. The fourth-order valence-electron chi connectivity index (χ4n) is 3.36. The number of benzene rings is 1. The van der Waals surface area contributed by atoms with Crippen molar-refractivity contribution in [3.8, 4) is 0 Å². The third-order valence-corrected chi connectivity index (χ3v) is 4.95. The molecule has 0 atom stereocenters. The summed E-state index contributed by atoms with van der Waals surface area (Å²) < 4.78 is 5.37. The van der Waals surface area contributed by atoms with Crippen LogP contribution < -0.4 is 10.9 Å². The van der Waals surface area contributed by atoms with Gasteiger partial charge in [0, 0.05) is 23.9 Å². The van der Waals surface area contributed by atoms with Gasteiger partial charge in [-0.25, -0.2) is 4.79 Å². The van der Waals surface area contributed by atoms with Crippen LogP contribution in [0.2, 0.25) is 0 Å². The highest BCUT2D eigenvalue weighted by Crippen LogP contribution is 2.25. The molecular formula is C19H23NO3. The Morgan fingerprint density at radius 2 is 1.96 bits per heavy atom. The number of amides is 1. The SMILES string of the molecule is Cc1ccc2c(CNC(=O)C3CCCCC3)cc(=O)oc2c1C. The van der Waals surface area contributed by atoms with Crippen LogP contribution in [0.1, 0.15) is 48.8 Å². The van der Waals surface area contributed by atoms with E-state index in [1.54, 1.807) is 0 Å². The first-order valence-corrected chi connectivity index (χ1v) is 8.37. The highest BCUT2D eigenvalue weighted by Gasteiger charge is 2.21. The van der Waals surface area contributed by atoms with Gasteiger partial charge < -0.3 is 9.73 Å². The third-order valence-electron chi connectivity index (χ3n) is 4.95. The van der Waals surface area contributed by atoms with Crippen LogP contribution in [0.3, 0.4) is 0 Å². The lowest BCUT2D eigenvalue weighted by Crippen LogP contribution is -2.31. The van der Waals surface area contributed by atoms with Crippen LogP contribution >= 0.6 is 0 Å². The van der Waals surface area contributed by atoms with Crippen LogP contribution in [0, 0.1) is 19.8 Å². The molecule has 1 heterocycles. The minimum Gasteiger partial charge on any atom is -0.422 e. The molecule has 0 unspecified atom stereocenters. The number of hydrogen-bond donors (Lipinski definition) is 1. The second-order valence-electron chi connectivity index (χ2n) is 6.53. The van der Waals surface area contributed by atoms with Crippen LogP contribution in [0.5, 0.6) is 0 Å². The maximum Gasteiger partial charge on any atom is 0.336 e. The van der Waals surface area contributed by atoms with Gasteiger partial charge in [0.2, 0.25) is 5.91 Å². The normalized spacial score (nSPS) is 15.7. The fourth-order valence-corrected chi connectivity index (χ4v) is 3.36. The van der Waals surface area contributed by atoms with Crippen molar-refractivity contribution in [2.24, 2.45) is 5.92 Å². The average molecular weight is 313 g/mol. The van der Waals surface area contributed by atoms with Crippen molar-refractivity contribution in [3.05, 3.63) is 45.3 Å². The van der Waals surface area contributed by atoms with Gasteiger partial charge >= 0.3 is 5.63 Å². The van der Waals surface area contributed by atoms with E-state index in [9.17, 15) is 9.59 Å². The number of hydrogen-bond acceptors (Lipinski definition) is 3. The van der Waals surface area contributed by atoms with Gasteiger partial charge in [0.15, 0.2) is 0 Å². The van der Waals surface area contributed by atoms with Gasteiger partial charge in [-0.15, -0.1) is 0 Å². The number of carbonyl (C=O) groups is 1. The van der Waals surface area contributed by atoms with E-state index in [-0.39, 0.29) is 17.5 Å². The number of nitrogens with one attached hydrogen (secondary N) is 1. The first-order chi connectivity index (χ1) is 11.1. The van der Waals surface area contributed by atoms with Gasteiger partial charge in [-0.2, -0.15) is 0 Å². The predicted octanol–water partition coefficient (Wildman–Crippen LogP) is 3.61. The summed E-state index contributed by atoms with van der Waals surface area (Å²) in [6.45, 7) is 4.32. The van der Waals surface area contributed by atoms with Crippen LogP contribution in [0.4, 0.5) is 0 Å². The monoisotopic (exact) mass is 313 g/mol. The lowest BCUT2D eigenvalue weighted by molar-refractivity contribution is -0.126. The zero-order valence-electron chi connectivity index (χ0n) is 13.8. The van der Waals surface area contributed by atoms with Crippen molar-refractivity contribution in [2.45, 2.75) is 52.5 Å². The van der Waals surface area contributed by atoms with Crippen LogP contribution in [-0.4, -0.2) is 5.91 Å². The number of carbonyl (C=O) groups excluding carboxylic acids is 1. The largest absolute Gasteiger partial charge is 0.422 e. The standard InChI is InChI=1S/C19H23NO3/c1-12-8-9-16-15(10-17(21)23-18(16)13(12)2)11-20-19(22)14-6-4-3-5-7-14/h8-10,14H,3-7,11H2,1-2H3,(H,20,22). The molecule has 1 aliphatic rings. The second-order valence-corrected chi connectivity index (χ2v) is 6.53. The highest BCUT2D eigenvalue weighted by atomic mass is 16.4. The maximum atomic E-state index is 12.3. The van der Waals surface area contributed by atoms with E-state index in [1.165, 1.54) is 12.5 Å². The second kappa shape index (κ2) is 6.57. The number of rotatable bonds is 3. The minimum absolute atomic E-state index is 0.106. The van der Waals surface area contributed by atoms with Crippen molar-refractivity contribution in [1.29, 1.82) is 0 Å². The van der Waals surface area contributed by atoms with E-state index in [0.717, 1.165) is 47.8 Å². The first-order valence-electron chi connectivity index (χ1n) is 8.37. The summed E-state index contributed by atoms with van der Waals surface area (Å²) in [5, 5.41) is 3.90. The van der Waals surface area contributed by atoms with Crippen molar-refractivity contribution in [2.75, 3.05) is 0 Å². The Morgan fingerprint density at radius 1 is 1.22 bits per heavy atom. The fraction of sp³-hybridized carbons (Fsp3) is 0.474. The number of fused-ring (bicyclic) bond motifs is 1. The Labute approximate surface area is 135 Å². The molecule has 0 aliphatic heterocycles. The van der Waals surface area contributed by atoms with E-state index in [4.69, 9.17) is 4.42 Å². The van der Waals surface area contributed by atoms with Crippen molar-refractivity contribution < 1.29 is 9.21 Å². The summed E-state index contributed by atoms with van der Waals surface area (Å²) in [7, 11) is 0. The first kappa shape index (κ1) is 15.8. The van der Waals surface area contributed by atoms with Crippen molar-refractivity contribution in [1.82, 2.24) is 5.32 Å². The van der Waals surface area contributed by atoms with Crippen molar-refractivity contribution in [3.63, 3.8) is 0 Å². The third kappa shape index (κ3) is 3.31. The lowest BCUT2D eigenvalue weighted by Gasteiger charge is -2.21. The Balaban J connectivity index is 1.84. The topological polar surface area (TPSA) is 59.3 Å². The number of aryl methyl sites for hydroxylation is 2. The molecule has 0 spiro atoms. The Hall–Kier alpha value is -2.10. The molecule has 1 aromatic heterocycles. The van der Waals surface area contributed by atoms with Crippen LogP contribution in [-0.2, 0) is 11.3 Å². The summed E-state index contributed by atoms with van der Waals surface area (Å²) >= 11 is 0. The van der Waals surface area contributed by atoms with Crippen LogP contribution in [0.25, 0.3) is 11.0 Å². The molecule has 1 aliphatic carbocycles. The molecule has 0 saturated heterocycles. The summed E-state index contributed by atoms with van der Waals surface area (Å²) in [5.74, 6) is 0.231. The van der Waals surface area contributed by atoms with Gasteiger partial charge in [0.05, 0.1) is 0 Å². The van der Waals surface area contributed by atoms with E-state index >= 15 is 0 Å². The summed E-state index contributed by atoms with van der Waals surface area (Å²) in [6, 6.07) is 5.46. The predicted molar refractivity (Wildman–Crippen MR) is 90.4 cm³/mol. The van der Waals surface area contributed by atoms with Gasteiger partial charge in [-0.3, -0.25) is 4.79 Å². The summed E-state index contributed by atoms with van der Waals surface area (Å²) in [6.07, 6.45) is 5.44. The summed E-state index contributed by atoms with van der Waals surface area (Å²) in [5.41, 5.74) is 3.14. The lowest BCUT2D eigenvalue weighted by atomic mass is 9.88. The van der Waals surface area contributed by atoms with E-state index < -0.39 is 0 Å². The molecule has 0 radical (unpaired) electrons. The average Bonchev–Trinajstić information content (AvgIpc) is 2.57. The maximum absolute atomic E-state index is 12.3. The molecule has 1 aromatic carbocycles. The minimum atomic E-state index is -0.367. The Bertz CT molecular complexity index is 785. The van der Waals surface area contributed by atoms with E-state index in [2.05, 4.69) is 5.32 Å². The molecule has 23 heavy (non-hydrogen) atoms. The van der Waals surface area contributed by atoms with E-state index in [1.807, 2.05) is 26.0 Å². The molecule has 0 bridgehead atoms. The van der Waals surface area contributed by atoms with Gasteiger partial charge in [-0.1, -0.05) is 31.4 Å². The molecular weight excluding hydrogens is 290 g/mol. The zero-order chi connectivity index (χ0) is 16.4. The summed E-state index contributed by atoms with van der Waals surface area (Å²) in [4.78, 5) is 24.1. The van der Waals surface area contributed by atoms with Gasteiger partial charge in [0.25, 0.3) is 0 Å².